The molecular formula is C30H33N5O2. The topological polar surface area (TPSA) is 70.6 Å². The third-order valence-electron chi connectivity index (χ3n) is 7.90. The van der Waals surface area contributed by atoms with E-state index in [1.54, 1.807) is 6.07 Å². The van der Waals surface area contributed by atoms with Crippen molar-refractivity contribution in [1.82, 2.24) is 20.4 Å². The number of anilines is 1. The van der Waals surface area contributed by atoms with Crippen LogP contribution in [-0.2, 0) is 16.7 Å². The fourth-order valence-electron chi connectivity index (χ4n) is 5.81. The molecule has 7 heteroatoms. The van der Waals surface area contributed by atoms with Gasteiger partial charge in [0.15, 0.2) is 11.5 Å². The maximum atomic E-state index is 12.7. The molecule has 0 saturated carbocycles. The van der Waals surface area contributed by atoms with Gasteiger partial charge < -0.3 is 15.0 Å². The van der Waals surface area contributed by atoms with Crippen molar-refractivity contribution in [2.75, 3.05) is 44.2 Å². The summed E-state index contributed by atoms with van der Waals surface area (Å²) in [5.74, 6) is 0.613. The fourth-order valence-corrected chi connectivity index (χ4v) is 5.81. The number of carbonyl (C=O) groups is 1. The number of carbonyl (C=O) groups excluding carboxylic acids is 1. The van der Waals surface area contributed by atoms with Crippen LogP contribution in [0.25, 0.3) is 6.08 Å². The maximum absolute atomic E-state index is 12.7. The number of benzene rings is 2. The van der Waals surface area contributed by atoms with Gasteiger partial charge in [-0.25, -0.2) is 0 Å². The highest BCUT2D eigenvalue weighted by Gasteiger charge is 2.38. The molecule has 2 fully saturated rings. The molecule has 2 aromatic carbocycles. The molecule has 2 aliphatic heterocycles. The molecule has 1 aromatic heterocycles. The van der Waals surface area contributed by atoms with Gasteiger partial charge in [0.1, 0.15) is 0 Å². The Morgan fingerprint density at radius 3 is 2.59 bits per heavy atom. The number of nitrogens with one attached hydrogen (secondary N) is 1. The van der Waals surface area contributed by atoms with Crippen LogP contribution in [0.15, 0.2) is 72.8 Å². The van der Waals surface area contributed by atoms with Gasteiger partial charge in [0.2, 0.25) is 0 Å². The molecule has 1 spiro atoms. The lowest BCUT2D eigenvalue weighted by molar-refractivity contribution is -0.0292. The van der Waals surface area contributed by atoms with E-state index in [9.17, 15) is 4.79 Å². The molecule has 1 aliphatic carbocycles. The minimum atomic E-state index is -0.215. The fraction of sp³-hybridized carbons (Fsp3) is 0.367. The number of aromatic nitrogens is 2. The summed E-state index contributed by atoms with van der Waals surface area (Å²) in [6, 6.07) is 22.8. The van der Waals surface area contributed by atoms with Gasteiger partial charge in [-0.1, -0.05) is 66.7 Å². The van der Waals surface area contributed by atoms with Crippen molar-refractivity contribution in [3.8, 4) is 0 Å². The van der Waals surface area contributed by atoms with Crippen LogP contribution >= 0.6 is 0 Å². The van der Waals surface area contributed by atoms with Crippen LogP contribution in [0.4, 0.5) is 5.82 Å². The number of hydrogen-bond donors (Lipinski definition) is 1. The molecule has 3 heterocycles. The van der Waals surface area contributed by atoms with Crippen LogP contribution in [0, 0.1) is 0 Å². The minimum absolute atomic E-state index is 0.0379. The van der Waals surface area contributed by atoms with E-state index in [0.29, 0.717) is 18.8 Å². The monoisotopic (exact) mass is 495 g/mol. The summed E-state index contributed by atoms with van der Waals surface area (Å²) in [6.07, 6.45) is 6.70. The van der Waals surface area contributed by atoms with E-state index in [1.165, 1.54) is 16.7 Å². The Hall–Kier alpha value is -3.55. The summed E-state index contributed by atoms with van der Waals surface area (Å²) in [5.41, 5.74) is 4.54. The molecule has 1 N–H and O–H groups in total. The van der Waals surface area contributed by atoms with Crippen LogP contribution < -0.4 is 10.2 Å². The first-order chi connectivity index (χ1) is 18.2. The van der Waals surface area contributed by atoms with Crippen molar-refractivity contribution in [1.29, 1.82) is 0 Å². The van der Waals surface area contributed by atoms with E-state index in [2.05, 4.69) is 86.0 Å². The number of nitrogens with zero attached hydrogens (tertiary/aromatic N) is 4. The van der Waals surface area contributed by atoms with Crippen LogP contribution in [0.5, 0.6) is 0 Å². The van der Waals surface area contributed by atoms with E-state index in [0.717, 1.165) is 51.4 Å². The van der Waals surface area contributed by atoms with E-state index in [1.807, 2.05) is 12.1 Å². The number of ether oxygens (including phenoxy) is 1. The van der Waals surface area contributed by atoms with Crippen molar-refractivity contribution in [2.24, 2.45) is 0 Å². The molecule has 7 nitrogen and oxygen atoms in total. The zero-order valence-corrected chi connectivity index (χ0v) is 21.1. The zero-order valence-electron chi connectivity index (χ0n) is 21.1. The molecular weight excluding hydrogens is 462 g/mol. The van der Waals surface area contributed by atoms with Gasteiger partial charge in [-0.05, 0) is 41.7 Å². The van der Waals surface area contributed by atoms with Gasteiger partial charge in [0.05, 0.1) is 12.7 Å². The van der Waals surface area contributed by atoms with Crippen LogP contribution in [0.1, 0.15) is 40.0 Å². The molecule has 3 aliphatic rings. The molecule has 1 unspecified atom stereocenters. The van der Waals surface area contributed by atoms with Gasteiger partial charge in [0.25, 0.3) is 5.91 Å². The SMILES string of the molecule is O=C(NCC1CN(Cc2ccccc2)CCO1)c1ccc(N2CCC3(C=Cc4ccccc43)CC2)nn1. The number of piperidine rings is 1. The average Bonchev–Trinajstić information content (AvgIpc) is 3.31. The summed E-state index contributed by atoms with van der Waals surface area (Å²) in [4.78, 5) is 17.4. The molecule has 37 heavy (non-hydrogen) atoms. The normalized spacial score (nSPS) is 20.6. The summed E-state index contributed by atoms with van der Waals surface area (Å²) in [7, 11) is 0. The smallest absolute Gasteiger partial charge is 0.271 e. The highest BCUT2D eigenvalue weighted by Crippen LogP contribution is 2.44. The molecule has 190 valence electrons. The number of amides is 1. The van der Waals surface area contributed by atoms with E-state index in [-0.39, 0.29) is 17.4 Å². The van der Waals surface area contributed by atoms with Gasteiger partial charge in [-0.15, -0.1) is 10.2 Å². The summed E-state index contributed by atoms with van der Waals surface area (Å²) in [6.45, 7) is 5.52. The molecule has 2 saturated heterocycles. The quantitative estimate of drug-likeness (QED) is 0.563. The van der Waals surface area contributed by atoms with Gasteiger partial charge in [-0.2, -0.15) is 0 Å². The van der Waals surface area contributed by atoms with Gasteiger partial charge in [-0.3, -0.25) is 9.69 Å². The van der Waals surface area contributed by atoms with Crippen LogP contribution in [-0.4, -0.2) is 66.4 Å². The van der Waals surface area contributed by atoms with Crippen LogP contribution in [0.2, 0.25) is 0 Å². The van der Waals surface area contributed by atoms with Crippen molar-refractivity contribution in [3.63, 3.8) is 0 Å². The first-order valence-corrected chi connectivity index (χ1v) is 13.2. The lowest BCUT2D eigenvalue weighted by Gasteiger charge is -2.39. The van der Waals surface area contributed by atoms with Gasteiger partial charge >= 0.3 is 0 Å². The number of allylic oxidation sites excluding steroid dienone is 1. The number of hydrogen-bond acceptors (Lipinski definition) is 6. The highest BCUT2D eigenvalue weighted by atomic mass is 16.5. The molecule has 3 aromatic rings. The Balaban J connectivity index is 0.996. The van der Waals surface area contributed by atoms with E-state index < -0.39 is 0 Å². The second-order valence-electron chi connectivity index (χ2n) is 10.3. The highest BCUT2D eigenvalue weighted by molar-refractivity contribution is 5.92. The van der Waals surface area contributed by atoms with Crippen molar-refractivity contribution >= 4 is 17.8 Å². The lowest BCUT2D eigenvalue weighted by Crippen LogP contribution is -2.47. The number of morpholine rings is 1. The lowest BCUT2D eigenvalue weighted by atomic mass is 9.74. The molecule has 1 amide bonds. The Kier molecular flexibility index (Phi) is 6.72. The summed E-state index contributed by atoms with van der Waals surface area (Å²) in [5, 5.41) is 11.6. The molecule has 6 rings (SSSR count). The largest absolute Gasteiger partial charge is 0.374 e. The third-order valence-corrected chi connectivity index (χ3v) is 7.90. The maximum Gasteiger partial charge on any atom is 0.271 e. The van der Waals surface area contributed by atoms with E-state index in [4.69, 9.17) is 4.74 Å². The predicted octanol–water partition coefficient (Wildman–Crippen LogP) is 3.67. The Morgan fingerprint density at radius 2 is 1.78 bits per heavy atom. The predicted molar refractivity (Wildman–Crippen MR) is 144 cm³/mol. The minimum Gasteiger partial charge on any atom is -0.374 e. The van der Waals surface area contributed by atoms with Crippen molar-refractivity contribution in [3.05, 3.63) is 95.2 Å². The first kappa shape index (κ1) is 23.8. The Bertz CT molecular complexity index is 1250. The van der Waals surface area contributed by atoms with Crippen molar-refractivity contribution < 1.29 is 9.53 Å². The first-order valence-electron chi connectivity index (χ1n) is 13.2. The Morgan fingerprint density at radius 1 is 0.973 bits per heavy atom. The van der Waals surface area contributed by atoms with Crippen LogP contribution in [0.3, 0.4) is 0 Å². The number of fused-ring (bicyclic) bond motifs is 2. The average molecular weight is 496 g/mol. The Labute approximate surface area is 218 Å². The third kappa shape index (κ3) is 5.15. The summed E-state index contributed by atoms with van der Waals surface area (Å²) >= 11 is 0. The number of rotatable bonds is 6. The van der Waals surface area contributed by atoms with Crippen molar-refractivity contribution in [2.45, 2.75) is 30.9 Å². The molecule has 0 bridgehead atoms. The standard InChI is InChI=1S/C30H33N5O2/c36-29(31-20-25-22-34(18-19-37-25)21-23-6-2-1-3-7-23)27-10-11-28(33-32-27)35-16-14-30(15-17-35)13-12-24-8-4-5-9-26(24)30/h1-13,25H,14-22H2,(H,31,36). The van der Waals surface area contributed by atoms with E-state index >= 15 is 0 Å². The zero-order chi connectivity index (χ0) is 25.1. The second kappa shape index (κ2) is 10.4. The second-order valence-corrected chi connectivity index (χ2v) is 10.3. The summed E-state index contributed by atoms with van der Waals surface area (Å²) < 4.78 is 5.89. The van der Waals surface area contributed by atoms with Gasteiger partial charge in [0, 0.05) is 44.7 Å². The molecule has 0 radical (unpaired) electrons. The molecule has 1 atom stereocenters.